The molecule has 0 aliphatic carbocycles. The van der Waals surface area contributed by atoms with Crippen LogP contribution in [0.4, 0.5) is 0 Å². The van der Waals surface area contributed by atoms with Gasteiger partial charge < -0.3 is 14.2 Å². The average Bonchev–Trinajstić information content (AvgIpc) is 2.35. The largest absolute Gasteiger partial charge is 0.493 e. The van der Waals surface area contributed by atoms with E-state index >= 15 is 0 Å². The number of carbonyl (C=O) groups excluding carboxylic acids is 1. The molecule has 0 amide bonds. The molecular formula is C12H16O4. The Kier molecular flexibility index (Phi) is 4.17. The van der Waals surface area contributed by atoms with Crippen LogP contribution in [0.3, 0.4) is 0 Å². The molecule has 4 heteroatoms. The van der Waals surface area contributed by atoms with Gasteiger partial charge in [0.15, 0.2) is 11.5 Å². The van der Waals surface area contributed by atoms with Gasteiger partial charge in [0.1, 0.15) is 0 Å². The minimum Gasteiger partial charge on any atom is -0.493 e. The third-order valence-electron chi connectivity index (χ3n) is 2.46. The Balaban J connectivity index is 3.03. The van der Waals surface area contributed by atoms with E-state index in [1.807, 2.05) is 6.07 Å². The quantitative estimate of drug-likeness (QED) is 0.733. The van der Waals surface area contributed by atoms with Crippen LogP contribution in [0.5, 0.6) is 11.5 Å². The van der Waals surface area contributed by atoms with Crippen LogP contribution in [-0.4, -0.2) is 27.3 Å². The molecule has 0 saturated carbocycles. The van der Waals surface area contributed by atoms with E-state index < -0.39 is 0 Å². The van der Waals surface area contributed by atoms with Crippen molar-refractivity contribution in [3.63, 3.8) is 0 Å². The van der Waals surface area contributed by atoms with E-state index in [4.69, 9.17) is 9.47 Å². The van der Waals surface area contributed by atoms with Gasteiger partial charge in [-0.15, -0.1) is 0 Å². The van der Waals surface area contributed by atoms with Crippen LogP contribution in [0.2, 0.25) is 0 Å². The summed E-state index contributed by atoms with van der Waals surface area (Å²) in [6.45, 7) is 1.78. The summed E-state index contributed by atoms with van der Waals surface area (Å²) in [5, 5.41) is 0. The van der Waals surface area contributed by atoms with Gasteiger partial charge in [-0.25, -0.2) is 0 Å². The predicted octanol–water partition coefficient (Wildman–Crippen LogP) is 1.98. The highest BCUT2D eigenvalue weighted by molar-refractivity contribution is 5.77. The van der Waals surface area contributed by atoms with Crippen molar-refractivity contribution >= 4 is 5.97 Å². The van der Waals surface area contributed by atoms with Gasteiger partial charge in [-0.05, 0) is 24.6 Å². The van der Waals surface area contributed by atoms with E-state index in [0.717, 1.165) is 5.56 Å². The molecule has 0 aromatic heterocycles. The first-order chi connectivity index (χ1) is 7.63. The third kappa shape index (κ3) is 2.45. The Morgan fingerprint density at radius 2 is 1.75 bits per heavy atom. The second-order valence-corrected chi connectivity index (χ2v) is 3.36. The molecule has 0 saturated heterocycles. The Labute approximate surface area is 95.1 Å². The molecule has 0 spiro atoms. The standard InChI is InChI=1S/C12H16O4/c1-8(12(13)16-4)9-5-6-10(14-2)11(7-9)15-3/h5-8H,1-4H3/t8-/m1/s1. The second kappa shape index (κ2) is 5.39. The number of ether oxygens (including phenoxy) is 3. The zero-order chi connectivity index (χ0) is 12.1. The number of rotatable bonds is 4. The molecule has 0 aliphatic heterocycles. The number of hydrogen-bond acceptors (Lipinski definition) is 4. The van der Waals surface area contributed by atoms with Crippen LogP contribution in [0.25, 0.3) is 0 Å². The summed E-state index contributed by atoms with van der Waals surface area (Å²) >= 11 is 0. The van der Waals surface area contributed by atoms with Crippen molar-refractivity contribution in [2.75, 3.05) is 21.3 Å². The molecule has 0 aliphatic rings. The molecule has 0 N–H and O–H groups in total. The highest BCUT2D eigenvalue weighted by Gasteiger charge is 2.17. The predicted molar refractivity (Wildman–Crippen MR) is 60.0 cm³/mol. The van der Waals surface area contributed by atoms with Crippen molar-refractivity contribution in [1.29, 1.82) is 0 Å². The van der Waals surface area contributed by atoms with Crippen molar-refractivity contribution in [1.82, 2.24) is 0 Å². The maximum atomic E-state index is 11.4. The summed E-state index contributed by atoms with van der Waals surface area (Å²) in [7, 11) is 4.51. The van der Waals surface area contributed by atoms with Gasteiger partial charge in [0.25, 0.3) is 0 Å². The lowest BCUT2D eigenvalue weighted by molar-refractivity contribution is -0.141. The topological polar surface area (TPSA) is 44.8 Å². The van der Waals surface area contributed by atoms with Gasteiger partial charge >= 0.3 is 5.97 Å². The number of esters is 1. The van der Waals surface area contributed by atoms with Crippen molar-refractivity contribution in [3.8, 4) is 11.5 Å². The van der Waals surface area contributed by atoms with Crippen molar-refractivity contribution in [2.45, 2.75) is 12.8 Å². The van der Waals surface area contributed by atoms with Crippen LogP contribution in [0.1, 0.15) is 18.4 Å². The highest BCUT2D eigenvalue weighted by Crippen LogP contribution is 2.30. The van der Waals surface area contributed by atoms with Gasteiger partial charge in [-0.2, -0.15) is 0 Å². The van der Waals surface area contributed by atoms with Gasteiger partial charge in [0.2, 0.25) is 0 Å². The Morgan fingerprint density at radius 3 is 2.25 bits per heavy atom. The zero-order valence-corrected chi connectivity index (χ0v) is 9.94. The van der Waals surface area contributed by atoms with Crippen LogP contribution < -0.4 is 9.47 Å². The number of methoxy groups -OCH3 is 3. The summed E-state index contributed by atoms with van der Waals surface area (Å²) in [6, 6.07) is 5.37. The minimum atomic E-state index is -0.315. The van der Waals surface area contributed by atoms with Crippen LogP contribution in [0, 0.1) is 0 Å². The third-order valence-corrected chi connectivity index (χ3v) is 2.46. The zero-order valence-electron chi connectivity index (χ0n) is 9.94. The molecule has 16 heavy (non-hydrogen) atoms. The molecule has 4 nitrogen and oxygen atoms in total. The van der Waals surface area contributed by atoms with E-state index in [1.54, 1.807) is 33.3 Å². The number of hydrogen-bond donors (Lipinski definition) is 0. The maximum Gasteiger partial charge on any atom is 0.312 e. The van der Waals surface area contributed by atoms with Crippen molar-refractivity contribution in [3.05, 3.63) is 23.8 Å². The van der Waals surface area contributed by atoms with E-state index in [0.29, 0.717) is 11.5 Å². The molecule has 0 radical (unpaired) electrons. The molecule has 1 aromatic rings. The van der Waals surface area contributed by atoms with E-state index in [2.05, 4.69) is 4.74 Å². The minimum absolute atomic E-state index is 0.271. The SMILES string of the molecule is COC(=O)[C@H](C)c1ccc(OC)c(OC)c1. The van der Waals surface area contributed by atoms with Gasteiger partial charge in [0, 0.05) is 0 Å². The molecule has 88 valence electrons. The second-order valence-electron chi connectivity index (χ2n) is 3.36. The highest BCUT2D eigenvalue weighted by atomic mass is 16.5. The monoisotopic (exact) mass is 224 g/mol. The first-order valence-electron chi connectivity index (χ1n) is 4.93. The van der Waals surface area contributed by atoms with Gasteiger partial charge in [-0.1, -0.05) is 6.07 Å². The first-order valence-corrected chi connectivity index (χ1v) is 4.93. The summed E-state index contributed by atoms with van der Waals surface area (Å²) < 4.78 is 15.0. The summed E-state index contributed by atoms with van der Waals surface area (Å²) in [4.78, 5) is 11.4. The van der Waals surface area contributed by atoms with Crippen LogP contribution in [0.15, 0.2) is 18.2 Å². The van der Waals surface area contributed by atoms with Crippen molar-refractivity contribution in [2.24, 2.45) is 0 Å². The Bertz CT molecular complexity index is 373. The Morgan fingerprint density at radius 1 is 1.12 bits per heavy atom. The lowest BCUT2D eigenvalue weighted by atomic mass is 10.0. The molecule has 0 bridgehead atoms. The van der Waals surface area contributed by atoms with E-state index in [9.17, 15) is 4.79 Å². The molecule has 0 heterocycles. The van der Waals surface area contributed by atoms with E-state index in [-0.39, 0.29) is 11.9 Å². The van der Waals surface area contributed by atoms with Crippen LogP contribution in [-0.2, 0) is 9.53 Å². The molecular weight excluding hydrogens is 208 g/mol. The lowest BCUT2D eigenvalue weighted by Gasteiger charge is -2.13. The molecule has 0 unspecified atom stereocenters. The van der Waals surface area contributed by atoms with Crippen molar-refractivity contribution < 1.29 is 19.0 Å². The fraction of sp³-hybridized carbons (Fsp3) is 0.417. The fourth-order valence-electron chi connectivity index (χ4n) is 1.44. The molecule has 1 aromatic carbocycles. The van der Waals surface area contributed by atoms with Gasteiger partial charge in [0.05, 0.1) is 27.2 Å². The van der Waals surface area contributed by atoms with Crippen LogP contribution >= 0.6 is 0 Å². The first kappa shape index (κ1) is 12.4. The normalized spacial score (nSPS) is 11.8. The lowest BCUT2D eigenvalue weighted by Crippen LogP contribution is -2.10. The van der Waals surface area contributed by atoms with Gasteiger partial charge in [-0.3, -0.25) is 4.79 Å². The number of benzene rings is 1. The smallest absolute Gasteiger partial charge is 0.312 e. The van der Waals surface area contributed by atoms with E-state index in [1.165, 1.54) is 7.11 Å². The summed E-state index contributed by atoms with van der Waals surface area (Å²) in [5.74, 6) is 0.663. The number of carbonyl (C=O) groups is 1. The maximum absolute atomic E-state index is 11.4. The Hall–Kier alpha value is -1.71. The average molecular weight is 224 g/mol. The molecule has 1 atom stereocenters. The summed E-state index contributed by atoms with van der Waals surface area (Å²) in [5.41, 5.74) is 0.838. The summed E-state index contributed by atoms with van der Waals surface area (Å²) in [6.07, 6.45) is 0. The molecule has 0 fully saturated rings. The fourth-order valence-corrected chi connectivity index (χ4v) is 1.44. The molecule has 1 rings (SSSR count).